The number of carbonyl (C=O) groups is 1. The molecular weight excluding hydrogens is 318 g/mol. The predicted octanol–water partition coefficient (Wildman–Crippen LogP) is 1.96. The fourth-order valence-corrected chi connectivity index (χ4v) is 3.10. The lowest BCUT2D eigenvalue weighted by atomic mass is 10.0. The van der Waals surface area contributed by atoms with Gasteiger partial charge in [-0.1, -0.05) is 11.6 Å². The van der Waals surface area contributed by atoms with E-state index in [9.17, 15) is 9.18 Å². The van der Waals surface area contributed by atoms with Gasteiger partial charge in [-0.3, -0.25) is 4.79 Å². The van der Waals surface area contributed by atoms with E-state index in [4.69, 9.17) is 16.3 Å². The molecular formula is C14H17Cl2FN2O2. The van der Waals surface area contributed by atoms with Crippen molar-refractivity contribution in [2.45, 2.75) is 0 Å². The molecule has 2 atom stereocenters. The minimum atomic E-state index is -0.423. The van der Waals surface area contributed by atoms with Gasteiger partial charge < -0.3 is 15.0 Å². The van der Waals surface area contributed by atoms with E-state index in [1.54, 1.807) is 0 Å². The molecule has 2 aliphatic rings. The number of rotatable bonds is 3. The number of fused-ring (bicyclic) bond motifs is 1. The molecule has 21 heavy (non-hydrogen) atoms. The van der Waals surface area contributed by atoms with E-state index in [0.29, 0.717) is 17.6 Å². The molecule has 0 saturated carbocycles. The first-order valence-electron chi connectivity index (χ1n) is 6.70. The summed E-state index contributed by atoms with van der Waals surface area (Å²) in [6, 6.07) is 3.87. The van der Waals surface area contributed by atoms with Crippen LogP contribution in [0.4, 0.5) is 4.39 Å². The molecule has 1 aromatic rings. The maximum atomic E-state index is 12.9. The summed E-state index contributed by atoms with van der Waals surface area (Å²) in [5.41, 5.74) is 0. The second-order valence-electron chi connectivity index (χ2n) is 5.34. The number of likely N-dealkylation sites (tertiary alicyclic amines) is 1. The Bertz CT molecular complexity index is 518. The first kappa shape index (κ1) is 16.3. The minimum absolute atomic E-state index is 0. The first-order chi connectivity index (χ1) is 9.63. The van der Waals surface area contributed by atoms with E-state index in [2.05, 4.69) is 5.32 Å². The molecule has 2 heterocycles. The van der Waals surface area contributed by atoms with Crippen LogP contribution in [-0.4, -0.2) is 43.6 Å². The van der Waals surface area contributed by atoms with E-state index in [-0.39, 0.29) is 29.9 Å². The van der Waals surface area contributed by atoms with Crippen LogP contribution in [0.5, 0.6) is 5.75 Å². The molecule has 3 rings (SSSR count). The Morgan fingerprint density at radius 3 is 2.67 bits per heavy atom. The quantitative estimate of drug-likeness (QED) is 0.918. The van der Waals surface area contributed by atoms with Gasteiger partial charge in [-0.15, -0.1) is 12.4 Å². The van der Waals surface area contributed by atoms with Crippen LogP contribution in [0.15, 0.2) is 18.2 Å². The Balaban J connectivity index is 0.00000161. The number of hydrogen-bond donors (Lipinski definition) is 1. The van der Waals surface area contributed by atoms with Crippen LogP contribution >= 0.6 is 24.0 Å². The molecule has 2 saturated heterocycles. The van der Waals surface area contributed by atoms with Gasteiger partial charge in [-0.05, 0) is 30.0 Å². The van der Waals surface area contributed by atoms with Crippen LogP contribution in [0.1, 0.15) is 0 Å². The molecule has 1 aromatic carbocycles. The Morgan fingerprint density at radius 2 is 2.05 bits per heavy atom. The van der Waals surface area contributed by atoms with Gasteiger partial charge in [-0.25, -0.2) is 4.39 Å². The fraction of sp³-hybridized carbons (Fsp3) is 0.500. The Kier molecular flexibility index (Phi) is 5.30. The zero-order valence-electron chi connectivity index (χ0n) is 11.4. The zero-order valence-corrected chi connectivity index (χ0v) is 12.9. The van der Waals surface area contributed by atoms with Crippen LogP contribution in [0.3, 0.4) is 0 Å². The summed E-state index contributed by atoms with van der Waals surface area (Å²) in [6.45, 7) is 3.49. The average molecular weight is 335 g/mol. The number of nitrogens with zero attached hydrogens (tertiary/aromatic N) is 1. The summed E-state index contributed by atoms with van der Waals surface area (Å²) in [4.78, 5) is 13.9. The lowest BCUT2D eigenvalue weighted by Crippen LogP contribution is -2.35. The zero-order chi connectivity index (χ0) is 14.1. The maximum Gasteiger partial charge on any atom is 0.260 e. The SMILES string of the molecule is Cl.O=C(COc1ccc(F)cc1Cl)N1C[C@H]2CNC[C@H]2C1. The van der Waals surface area contributed by atoms with E-state index < -0.39 is 5.82 Å². The van der Waals surface area contributed by atoms with Crippen molar-refractivity contribution in [1.82, 2.24) is 10.2 Å². The number of amides is 1. The highest BCUT2D eigenvalue weighted by molar-refractivity contribution is 6.32. The molecule has 0 radical (unpaired) electrons. The molecule has 0 aromatic heterocycles. The lowest BCUT2D eigenvalue weighted by molar-refractivity contribution is -0.132. The van der Waals surface area contributed by atoms with Crippen molar-refractivity contribution in [3.63, 3.8) is 0 Å². The van der Waals surface area contributed by atoms with E-state index in [1.807, 2.05) is 4.90 Å². The summed E-state index contributed by atoms with van der Waals surface area (Å²) in [7, 11) is 0. The van der Waals surface area contributed by atoms with Crippen molar-refractivity contribution in [1.29, 1.82) is 0 Å². The number of ether oxygens (including phenoxy) is 1. The first-order valence-corrected chi connectivity index (χ1v) is 7.07. The summed E-state index contributed by atoms with van der Waals surface area (Å²) in [5.74, 6) is 0.998. The molecule has 0 unspecified atom stereocenters. The average Bonchev–Trinajstić information content (AvgIpc) is 2.98. The van der Waals surface area contributed by atoms with Crippen molar-refractivity contribution < 1.29 is 13.9 Å². The number of nitrogens with one attached hydrogen (secondary N) is 1. The Hall–Kier alpha value is -1.04. The number of benzene rings is 1. The van der Waals surface area contributed by atoms with Gasteiger partial charge in [0.05, 0.1) is 5.02 Å². The largest absolute Gasteiger partial charge is 0.482 e. The molecule has 7 heteroatoms. The third-order valence-electron chi connectivity index (χ3n) is 3.99. The van der Waals surface area contributed by atoms with Crippen LogP contribution in [0.2, 0.25) is 5.02 Å². The summed E-state index contributed by atoms with van der Waals surface area (Å²) in [5, 5.41) is 3.51. The van der Waals surface area contributed by atoms with Crippen LogP contribution < -0.4 is 10.1 Å². The highest BCUT2D eigenvalue weighted by Crippen LogP contribution is 2.27. The van der Waals surface area contributed by atoms with Gasteiger partial charge in [0.1, 0.15) is 11.6 Å². The molecule has 1 amide bonds. The van der Waals surface area contributed by atoms with Crippen LogP contribution in [0, 0.1) is 17.7 Å². The highest BCUT2D eigenvalue weighted by Gasteiger charge is 2.37. The molecule has 0 bridgehead atoms. The van der Waals surface area contributed by atoms with Gasteiger partial charge in [0, 0.05) is 26.2 Å². The highest BCUT2D eigenvalue weighted by atomic mass is 35.5. The van der Waals surface area contributed by atoms with Crippen LogP contribution in [0.25, 0.3) is 0 Å². The summed E-state index contributed by atoms with van der Waals surface area (Å²) < 4.78 is 18.3. The van der Waals surface area contributed by atoms with Crippen LogP contribution in [-0.2, 0) is 4.79 Å². The smallest absolute Gasteiger partial charge is 0.260 e. The third-order valence-corrected chi connectivity index (χ3v) is 4.28. The molecule has 116 valence electrons. The van der Waals surface area contributed by atoms with E-state index >= 15 is 0 Å². The molecule has 2 fully saturated rings. The van der Waals surface area contributed by atoms with Crippen molar-refractivity contribution in [2.24, 2.45) is 11.8 Å². The number of halogens is 3. The van der Waals surface area contributed by atoms with Gasteiger partial charge in [0.25, 0.3) is 5.91 Å². The van der Waals surface area contributed by atoms with E-state index in [1.165, 1.54) is 18.2 Å². The van der Waals surface area contributed by atoms with Crippen molar-refractivity contribution in [2.75, 3.05) is 32.8 Å². The summed E-state index contributed by atoms with van der Waals surface area (Å²) in [6.07, 6.45) is 0. The minimum Gasteiger partial charge on any atom is -0.482 e. The molecule has 0 spiro atoms. The number of carbonyl (C=O) groups excluding carboxylic acids is 1. The van der Waals surface area contributed by atoms with Gasteiger partial charge in [-0.2, -0.15) is 0 Å². The van der Waals surface area contributed by atoms with E-state index in [0.717, 1.165) is 26.2 Å². The predicted molar refractivity (Wildman–Crippen MR) is 80.6 cm³/mol. The van der Waals surface area contributed by atoms with Crippen molar-refractivity contribution in [3.05, 3.63) is 29.0 Å². The standard InChI is InChI=1S/C14H16ClFN2O2.ClH/c15-12-3-11(16)1-2-13(12)20-8-14(19)18-6-9-4-17-5-10(9)7-18;/h1-3,9-10,17H,4-8H2;1H/t9-,10+;. The monoisotopic (exact) mass is 334 g/mol. The third kappa shape index (κ3) is 3.59. The van der Waals surface area contributed by atoms with Gasteiger partial charge >= 0.3 is 0 Å². The fourth-order valence-electron chi connectivity index (χ4n) is 2.88. The molecule has 0 aliphatic carbocycles. The second-order valence-corrected chi connectivity index (χ2v) is 5.75. The molecule has 2 aliphatic heterocycles. The van der Waals surface area contributed by atoms with Gasteiger partial charge in [0.15, 0.2) is 6.61 Å². The number of hydrogen-bond acceptors (Lipinski definition) is 3. The lowest BCUT2D eigenvalue weighted by Gasteiger charge is -2.18. The second kappa shape index (κ2) is 6.81. The summed E-state index contributed by atoms with van der Waals surface area (Å²) >= 11 is 5.85. The Morgan fingerprint density at radius 1 is 1.38 bits per heavy atom. The Labute approximate surface area is 134 Å². The normalized spacial score (nSPS) is 23.6. The maximum absolute atomic E-state index is 12.9. The van der Waals surface area contributed by atoms with Gasteiger partial charge in [0.2, 0.25) is 0 Å². The van der Waals surface area contributed by atoms with Crippen molar-refractivity contribution >= 4 is 29.9 Å². The van der Waals surface area contributed by atoms with Crippen molar-refractivity contribution in [3.8, 4) is 5.75 Å². The molecule has 4 nitrogen and oxygen atoms in total. The molecule has 1 N–H and O–H groups in total. The topological polar surface area (TPSA) is 41.6 Å².